The molecule has 0 aromatic heterocycles. The molecule has 0 atom stereocenters. The first-order valence-electron chi connectivity index (χ1n) is 8.81. The monoisotopic (exact) mass is 345 g/mol. The summed E-state index contributed by atoms with van der Waals surface area (Å²) in [5, 5.41) is 6.72. The Balaban J connectivity index is 2.64. The molecule has 1 aliphatic carbocycles. The summed E-state index contributed by atoms with van der Waals surface area (Å²) >= 11 is 0. The van der Waals surface area contributed by atoms with Gasteiger partial charge in [0.15, 0.2) is 15.8 Å². The van der Waals surface area contributed by atoms with E-state index < -0.39 is 14.6 Å². The Morgan fingerprint density at radius 3 is 2.22 bits per heavy atom. The Labute approximate surface area is 142 Å². The summed E-state index contributed by atoms with van der Waals surface area (Å²) in [6, 6.07) is 0.434. The van der Waals surface area contributed by atoms with Gasteiger partial charge in [0.1, 0.15) is 0 Å². The number of rotatable bonds is 6. The van der Waals surface area contributed by atoms with E-state index >= 15 is 0 Å². The fraction of sp³-hybridized carbons (Fsp3) is 0.941. The van der Waals surface area contributed by atoms with Crippen molar-refractivity contribution < 1.29 is 8.42 Å². The van der Waals surface area contributed by atoms with Crippen LogP contribution in [0.15, 0.2) is 4.99 Å². The van der Waals surface area contributed by atoms with Gasteiger partial charge in [-0.3, -0.25) is 4.99 Å². The van der Waals surface area contributed by atoms with Gasteiger partial charge in [0.25, 0.3) is 0 Å². The summed E-state index contributed by atoms with van der Waals surface area (Å²) in [5.41, 5.74) is 0. The third kappa shape index (κ3) is 6.32. The van der Waals surface area contributed by atoms with Crippen LogP contribution < -0.4 is 10.6 Å². The van der Waals surface area contributed by atoms with E-state index in [-0.39, 0.29) is 6.54 Å². The second-order valence-corrected chi connectivity index (χ2v) is 10.4. The van der Waals surface area contributed by atoms with Gasteiger partial charge in [-0.1, -0.05) is 13.8 Å². The summed E-state index contributed by atoms with van der Waals surface area (Å²) in [4.78, 5) is 4.52. The molecule has 0 aromatic carbocycles. The van der Waals surface area contributed by atoms with E-state index in [1.165, 1.54) is 19.1 Å². The Hall–Kier alpha value is -0.780. The van der Waals surface area contributed by atoms with Crippen LogP contribution in [0.5, 0.6) is 0 Å². The third-order valence-corrected chi connectivity index (χ3v) is 7.16. The predicted molar refractivity (Wildman–Crippen MR) is 98.6 cm³/mol. The maximum atomic E-state index is 11.8. The fourth-order valence-electron chi connectivity index (χ4n) is 2.83. The summed E-state index contributed by atoms with van der Waals surface area (Å²) in [5.74, 6) is 2.32. The molecule has 1 rings (SSSR count). The molecule has 1 fully saturated rings. The molecule has 0 unspecified atom stereocenters. The van der Waals surface area contributed by atoms with Crippen LogP contribution in [-0.4, -0.2) is 44.5 Å². The van der Waals surface area contributed by atoms with Crippen LogP contribution in [0.4, 0.5) is 0 Å². The number of hydrogen-bond acceptors (Lipinski definition) is 3. The van der Waals surface area contributed by atoms with Gasteiger partial charge in [-0.05, 0) is 58.3 Å². The van der Waals surface area contributed by atoms with Crippen molar-refractivity contribution >= 4 is 15.8 Å². The van der Waals surface area contributed by atoms with Crippen LogP contribution in [0.3, 0.4) is 0 Å². The van der Waals surface area contributed by atoms with E-state index in [0.717, 1.165) is 37.2 Å². The lowest BCUT2D eigenvalue weighted by molar-refractivity contribution is 0.250. The van der Waals surface area contributed by atoms with Crippen LogP contribution in [0.25, 0.3) is 0 Å². The molecule has 0 aromatic rings. The molecule has 0 amide bonds. The van der Waals surface area contributed by atoms with E-state index in [9.17, 15) is 8.42 Å². The normalized spacial score (nSPS) is 23.9. The first kappa shape index (κ1) is 20.3. The molecule has 0 saturated heterocycles. The third-order valence-electron chi connectivity index (χ3n) is 5.02. The van der Waals surface area contributed by atoms with E-state index in [2.05, 4.69) is 29.5 Å². The molecular weight excluding hydrogens is 310 g/mol. The Morgan fingerprint density at radius 2 is 1.78 bits per heavy atom. The van der Waals surface area contributed by atoms with Crippen LogP contribution >= 0.6 is 0 Å². The summed E-state index contributed by atoms with van der Waals surface area (Å²) in [6.45, 7) is 11.1. The first-order valence-corrected chi connectivity index (χ1v) is 10.7. The summed E-state index contributed by atoms with van der Waals surface area (Å²) in [6.07, 6.45) is 6.09. The quantitative estimate of drug-likeness (QED) is 0.573. The molecule has 1 aliphatic rings. The lowest BCUT2D eigenvalue weighted by atomic mass is 9.80. The number of nitrogens with zero attached hydrogens (tertiary/aromatic N) is 1. The molecule has 23 heavy (non-hydrogen) atoms. The zero-order chi connectivity index (χ0) is 17.7. The molecule has 0 heterocycles. The van der Waals surface area contributed by atoms with Gasteiger partial charge in [-0.25, -0.2) is 8.42 Å². The molecule has 2 N–H and O–H groups in total. The van der Waals surface area contributed by atoms with Gasteiger partial charge in [-0.15, -0.1) is 0 Å². The zero-order valence-electron chi connectivity index (χ0n) is 15.6. The highest BCUT2D eigenvalue weighted by Crippen LogP contribution is 2.29. The molecular formula is C17H35N3O2S. The van der Waals surface area contributed by atoms with Crippen molar-refractivity contribution in [2.75, 3.05) is 19.3 Å². The Morgan fingerprint density at radius 1 is 1.22 bits per heavy atom. The van der Waals surface area contributed by atoms with Gasteiger partial charge in [0.2, 0.25) is 0 Å². The van der Waals surface area contributed by atoms with Crippen LogP contribution in [0, 0.1) is 11.8 Å². The van der Waals surface area contributed by atoms with Crippen molar-refractivity contribution in [3.8, 4) is 0 Å². The Bertz CT molecular complexity index is 490. The number of aliphatic imine (C=N–C) groups is 1. The summed E-state index contributed by atoms with van der Waals surface area (Å²) < 4.78 is 22.8. The van der Waals surface area contributed by atoms with E-state index in [0.29, 0.717) is 6.04 Å². The number of guanidine groups is 1. The molecule has 0 bridgehead atoms. The molecule has 0 aliphatic heterocycles. The first-order chi connectivity index (χ1) is 10.6. The zero-order valence-corrected chi connectivity index (χ0v) is 16.5. The highest BCUT2D eigenvalue weighted by atomic mass is 32.2. The van der Waals surface area contributed by atoms with Crippen molar-refractivity contribution in [1.29, 1.82) is 0 Å². The maximum absolute atomic E-state index is 11.8. The van der Waals surface area contributed by atoms with Crippen LogP contribution in [-0.2, 0) is 9.84 Å². The van der Waals surface area contributed by atoms with Gasteiger partial charge in [0.05, 0.1) is 11.3 Å². The van der Waals surface area contributed by atoms with E-state index in [1.807, 2.05) is 6.92 Å². The lowest BCUT2D eigenvalue weighted by Gasteiger charge is -2.32. The molecule has 1 saturated carbocycles. The van der Waals surface area contributed by atoms with Gasteiger partial charge >= 0.3 is 0 Å². The fourth-order valence-corrected chi connectivity index (χ4v) is 3.13. The minimum atomic E-state index is -3.13. The minimum Gasteiger partial charge on any atom is -0.357 e. The molecule has 6 heteroatoms. The van der Waals surface area contributed by atoms with Crippen molar-refractivity contribution in [2.24, 2.45) is 16.8 Å². The van der Waals surface area contributed by atoms with Crippen molar-refractivity contribution in [3.05, 3.63) is 0 Å². The van der Waals surface area contributed by atoms with Crippen molar-refractivity contribution in [1.82, 2.24) is 10.6 Å². The molecule has 5 nitrogen and oxygen atoms in total. The second kappa shape index (κ2) is 8.36. The molecule has 136 valence electrons. The average molecular weight is 346 g/mol. The van der Waals surface area contributed by atoms with Gasteiger partial charge < -0.3 is 10.6 Å². The number of sulfone groups is 1. The second-order valence-electron chi connectivity index (χ2n) is 7.73. The van der Waals surface area contributed by atoms with E-state index in [4.69, 9.17) is 0 Å². The highest BCUT2D eigenvalue weighted by Gasteiger charge is 2.30. The smallest absolute Gasteiger partial charge is 0.191 e. The topological polar surface area (TPSA) is 70.6 Å². The van der Waals surface area contributed by atoms with Gasteiger partial charge in [0, 0.05) is 18.8 Å². The molecule has 0 radical (unpaired) electrons. The SMILES string of the molecule is CCNC(=NCC(C)(C)S(C)(=O)=O)NC1CCC(C(C)C)CC1. The van der Waals surface area contributed by atoms with Crippen LogP contribution in [0.2, 0.25) is 0 Å². The number of hydrogen-bond donors (Lipinski definition) is 2. The van der Waals surface area contributed by atoms with Crippen molar-refractivity contribution in [2.45, 2.75) is 71.1 Å². The van der Waals surface area contributed by atoms with Gasteiger partial charge in [-0.2, -0.15) is 0 Å². The van der Waals surface area contributed by atoms with Crippen molar-refractivity contribution in [3.63, 3.8) is 0 Å². The predicted octanol–water partition coefficient (Wildman–Crippen LogP) is 2.58. The lowest BCUT2D eigenvalue weighted by Crippen LogP contribution is -2.46. The largest absolute Gasteiger partial charge is 0.357 e. The Kier molecular flexibility index (Phi) is 7.36. The highest BCUT2D eigenvalue weighted by molar-refractivity contribution is 7.92. The van der Waals surface area contributed by atoms with E-state index in [1.54, 1.807) is 13.8 Å². The minimum absolute atomic E-state index is 0.266. The number of nitrogens with one attached hydrogen (secondary N) is 2. The van der Waals surface area contributed by atoms with Crippen LogP contribution in [0.1, 0.15) is 60.3 Å². The maximum Gasteiger partial charge on any atom is 0.191 e. The summed E-state index contributed by atoms with van der Waals surface area (Å²) in [7, 11) is -3.13. The molecule has 0 spiro atoms. The average Bonchev–Trinajstić information content (AvgIpc) is 2.44. The standard InChI is InChI=1S/C17H35N3O2S/c1-7-18-16(19-12-17(4,5)23(6,21)22)20-15-10-8-14(9-11-15)13(2)3/h13-15H,7-12H2,1-6H3,(H2,18,19,20).